The van der Waals surface area contributed by atoms with Crippen LogP contribution in [-0.4, -0.2) is 35.6 Å². The van der Waals surface area contributed by atoms with Gasteiger partial charge in [0.05, 0.1) is 5.92 Å². The van der Waals surface area contributed by atoms with Gasteiger partial charge in [-0.05, 0) is 23.8 Å². The lowest BCUT2D eigenvalue weighted by atomic mass is 10.2. The third-order valence-electron chi connectivity index (χ3n) is 3.69. The van der Waals surface area contributed by atoms with Gasteiger partial charge < -0.3 is 15.3 Å². The summed E-state index contributed by atoms with van der Waals surface area (Å²) in [7, 11) is 1.60. The number of amides is 2. The van der Waals surface area contributed by atoms with E-state index in [1.54, 1.807) is 25.7 Å². The molecule has 0 aliphatic heterocycles. The van der Waals surface area contributed by atoms with Crippen LogP contribution in [0.15, 0.2) is 64.4 Å². The monoisotopic (exact) mass is 358 g/mol. The first-order chi connectivity index (χ1) is 12.0. The first-order valence-corrected chi connectivity index (χ1v) is 8.81. The van der Waals surface area contributed by atoms with Crippen LogP contribution in [0.25, 0.3) is 0 Å². The summed E-state index contributed by atoms with van der Waals surface area (Å²) in [6.45, 7) is 2.14. The molecule has 132 valence electrons. The number of aliphatic carboxylic acids is 1. The third-order valence-corrected chi connectivity index (χ3v) is 4.82. The summed E-state index contributed by atoms with van der Waals surface area (Å²) in [5.74, 6) is -1.51. The highest BCUT2D eigenvalue weighted by molar-refractivity contribution is 7.99. The molecule has 0 spiro atoms. The first-order valence-electron chi connectivity index (χ1n) is 8.00. The summed E-state index contributed by atoms with van der Waals surface area (Å²) in [6.07, 6.45) is 0. The third kappa shape index (κ3) is 5.83. The first kappa shape index (κ1) is 18.9. The zero-order chi connectivity index (χ0) is 18.2. The van der Waals surface area contributed by atoms with Crippen LogP contribution in [0.1, 0.15) is 12.5 Å². The highest BCUT2D eigenvalue weighted by Crippen LogP contribution is 2.30. The van der Waals surface area contributed by atoms with Gasteiger partial charge in [0.25, 0.3) is 0 Å². The minimum absolute atomic E-state index is 0.168. The van der Waals surface area contributed by atoms with Gasteiger partial charge in [0.2, 0.25) is 0 Å². The van der Waals surface area contributed by atoms with Gasteiger partial charge in [-0.1, -0.05) is 55.1 Å². The standard InChI is InChI=1S/C19H22N2O3S/c1-14(18(22)23)13-21(2)19(24)20-12-15-8-6-7-11-17(15)25-16-9-4-3-5-10-16/h3-11,14H,12-13H2,1-2H3,(H,20,24)(H,22,23). The molecule has 0 aromatic heterocycles. The van der Waals surface area contributed by atoms with Crippen molar-refractivity contribution in [2.75, 3.05) is 13.6 Å². The van der Waals surface area contributed by atoms with Gasteiger partial charge in [-0.25, -0.2) is 4.79 Å². The van der Waals surface area contributed by atoms with Crippen LogP contribution in [0.5, 0.6) is 0 Å². The number of nitrogens with one attached hydrogen (secondary N) is 1. The Kier molecular flexibility index (Phi) is 6.89. The Balaban J connectivity index is 1.96. The fourth-order valence-corrected chi connectivity index (χ4v) is 3.21. The molecule has 0 heterocycles. The molecular formula is C19H22N2O3S. The van der Waals surface area contributed by atoms with Crippen molar-refractivity contribution in [3.05, 3.63) is 60.2 Å². The number of carbonyl (C=O) groups is 2. The molecule has 0 bridgehead atoms. The molecule has 0 aliphatic rings. The number of benzene rings is 2. The van der Waals surface area contributed by atoms with Crippen LogP contribution < -0.4 is 5.32 Å². The molecule has 0 fully saturated rings. The van der Waals surface area contributed by atoms with Crippen LogP contribution in [0, 0.1) is 5.92 Å². The number of carbonyl (C=O) groups excluding carboxylic acids is 1. The predicted molar refractivity (Wildman–Crippen MR) is 98.7 cm³/mol. The second-order valence-corrected chi connectivity index (χ2v) is 6.92. The Morgan fingerprint density at radius 2 is 1.76 bits per heavy atom. The zero-order valence-electron chi connectivity index (χ0n) is 14.3. The molecular weight excluding hydrogens is 336 g/mol. The molecule has 6 heteroatoms. The van der Waals surface area contributed by atoms with E-state index in [0.717, 1.165) is 15.4 Å². The topological polar surface area (TPSA) is 69.6 Å². The Hall–Kier alpha value is -2.47. The van der Waals surface area contributed by atoms with Crippen LogP contribution >= 0.6 is 11.8 Å². The van der Waals surface area contributed by atoms with Gasteiger partial charge in [0, 0.05) is 29.9 Å². The summed E-state index contributed by atoms with van der Waals surface area (Å²) in [5, 5.41) is 11.8. The lowest BCUT2D eigenvalue weighted by molar-refractivity contribution is -0.141. The fourth-order valence-electron chi connectivity index (χ4n) is 2.24. The Labute approximate surface area is 152 Å². The van der Waals surface area contributed by atoms with Crippen molar-refractivity contribution in [2.45, 2.75) is 23.3 Å². The number of carboxylic acids is 1. The van der Waals surface area contributed by atoms with E-state index >= 15 is 0 Å². The second-order valence-electron chi connectivity index (χ2n) is 5.80. The summed E-state index contributed by atoms with van der Waals surface area (Å²) in [6, 6.07) is 17.7. The van der Waals surface area contributed by atoms with Crippen molar-refractivity contribution in [1.29, 1.82) is 0 Å². The average Bonchev–Trinajstić information content (AvgIpc) is 2.61. The summed E-state index contributed by atoms with van der Waals surface area (Å²) in [5.41, 5.74) is 1.02. The highest BCUT2D eigenvalue weighted by Gasteiger charge is 2.17. The summed E-state index contributed by atoms with van der Waals surface area (Å²) in [4.78, 5) is 26.7. The van der Waals surface area contributed by atoms with Crippen LogP contribution in [0.4, 0.5) is 4.79 Å². The number of nitrogens with zero attached hydrogens (tertiary/aromatic N) is 1. The molecule has 2 aromatic carbocycles. The van der Waals surface area contributed by atoms with E-state index in [2.05, 4.69) is 5.32 Å². The number of rotatable bonds is 7. The van der Waals surface area contributed by atoms with Crippen molar-refractivity contribution in [3.8, 4) is 0 Å². The minimum atomic E-state index is -0.913. The van der Waals surface area contributed by atoms with Crippen molar-refractivity contribution in [1.82, 2.24) is 10.2 Å². The Morgan fingerprint density at radius 1 is 1.12 bits per heavy atom. The van der Waals surface area contributed by atoms with Crippen LogP contribution in [-0.2, 0) is 11.3 Å². The van der Waals surface area contributed by atoms with E-state index in [4.69, 9.17) is 5.11 Å². The van der Waals surface area contributed by atoms with Crippen molar-refractivity contribution in [3.63, 3.8) is 0 Å². The SMILES string of the molecule is CC(CN(C)C(=O)NCc1ccccc1Sc1ccccc1)C(=O)O. The molecule has 1 atom stereocenters. The summed E-state index contributed by atoms with van der Waals surface area (Å²) >= 11 is 1.65. The molecule has 0 radical (unpaired) electrons. The molecule has 2 aromatic rings. The van der Waals surface area contributed by atoms with E-state index in [9.17, 15) is 9.59 Å². The van der Waals surface area contributed by atoms with E-state index in [1.165, 1.54) is 4.90 Å². The summed E-state index contributed by atoms with van der Waals surface area (Å²) < 4.78 is 0. The zero-order valence-corrected chi connectivity index (χ0v) is 15.1. The van der Waals surface area contributed by atoms with Gasteiger partial charge >= 0.3 is 12.0 Å². The largest absolute Gasteiger partial charge is 0.481 e. The van der Waals surface area contributed by atoms with Gasteiger partial charge in [-0.2, -0.15) is 0 Å². The molecule has 0 saturated heterocycles. The number of hydrogen-bond donors (Lipinski definition) is 2. The van der Waals surface area contributed by atoms with Crippen molar-refractivity contribution in [2.24, 2.45) is 5.92 Å². The Morgan fingerprint density at radius 3 is 2.44 bits per heavy atom. The maximum atomic E-state index is 12.2. The van der Waals surface area contributed by atoms with Gasteiger partial charge in [-0.3, -0.25) is 4.79 Å². The lowest BCUT2D eigenvalue weighted by Gasteiger charge is -2.20. The molecule has 0 aliphatic carbocycles. The number of urea groups is 1. The average molecular weight is 358 g/mol. The quantitative estimate of drug-likeness (QED) is 0.792. The van der Waals surface area contributed by atoms with Crippen LogP contribution in [0.2, 0.25) is 0 Å². The van der Waals surface area contributed by atoms with Crippen molar-refractivity contribution < 1.29 is 14.7 Å². The minimum Gasteiger partial charge on any atom is -0.481 e. The molecule has 5 nitrogen and oxygen atoms in total. The maximum absolute atomic E-state index is 12.2. The van der Waals surface area contributed by atoms with E-state index in [0.29, 0.717) is 6.54 Å². The fraction of sp³-hybridized carbons (Fsp3) is 0.263. The molecule has 0 saturated carbocycles. The van der Waals surface area contributed by atoms with Gasteiger partial charge in [0.1, 0.15) is 0 Å². The van der Waals surface area contributed by atoms with Crippen molar-refractivity contribution >= 4 is 23.8 Å². The van der Waals surface area contributed by atoms with E-state index in [-0.39, 0.29) is 12.6 Å². The second kappa shape index (κ2) is 9.13. The molecule has 25 heavy (non-hydrogen) atoms. The normalized spacial score (nSPS) is 11.6. The molecule has 2 rings (SSSR count). The smallest absolute Gasteiger partial charge is 0.317 e. The maximum Gasteiger partial charge on any atom is 0.317 e. The predicted octanol–water partition coefficient (Wildman–Crippen LogP) is 3.70. The van der Waals surface area contributed by atoms with Crippen LogP contribution in [0.3, 0.4) is 0 Å². The highest BCUT2D eigenvalue weighted by atomic mass is 32.2. The molecule has 1 unspecified atom stereocenters. The van der Waals surface area contributed by atoms with Gasteiger partial charge in [0.15, 0.2) is 0 Å². The lowest BCUT2D eigenvalue weighted by Crippen LogP contribution is -2.40. The molecule has 2 amide bonds. The molecule has 2 N–H and O–H groups in total. The Bertz CT molecular complexity index is 722. The van der Waals surface area contributed by atoms with Gasteiger partial charge in [-0.15, -0.1) is 0 Å². The van der Waals surface area contributed by atoms with E-state index < -0.39 is 11.9 Å². The number of carboxylic acid groups (broad SMARTS) is 1. The van der Waals surface area contributed by atoms with E-state index in [1.807, 2.05) is 54.6 Å². The number of hydrogen-bond acceptors (Lipinski definition) is 3.